The van der Waals surface area contributed by atoms with E-state index in [0.717, 1.165) is 9.92 Å². The predicted octanol–water partition coefficient (Wildman–Crippen LogP) is 1.94. The van der Waals surface area contributed by atoms with E-state index in [0.29, 0.717) is 5.56 Å². The van der Waals surface area contributed by atoms with Crippen LogP contribution in [0.5, 0.6) is 0 Å². The van der Waals surface area contributed by atoms with Crippen LogP contribution in [0.2, 0.25) is 0 Å². The Kier molecular flexibility index (Phi) is 3.84. The van der Waals surface area contributed by atoms with Crippen molar-refractivity contribution in [2.24, 2.45) is 0 Å². The molecule has 0 unspecified atom stereocenters. The summed E-state index contributed by atoms with van der Waals surface area (Å²) < 4.78 is 0.227. The second-order valence-corrected chi connectivity index (χ2v) is 5.21. The topological polar surface area (TPSA) is 53.1 Å². The molecule has 2 aromatic rings. The molecule has 0 aliphatic heterocycles. The third kappa shape index (κ3) is 2.88. The van der Waals surface area contributed by atoms with Crippen LogP contribution in [0.25, 0.3) is 0 Å². The van der Waals surface area contributed by atoms with E-state index in [1.54, 1.807) is 12.3 Å². The van der Waals surface area contributed by atoms with Gasteiger partial charge in [0.1, 0.15) is 0 Å². The Morgan fingerprint density at radius 3 is 2.59 bits per heavy atom. The third-order valence-corrected chi connectivity index (χ3v) is 3.99. The molecule has 1 aromatic heterocycles. The monoisotopic (exact) mass is 311 g/mol. The Hall–Kier alpha value is -1.29. The molecule has 2 N–H and O–H groups in total. The van der Waals surface area contributed by atoms with Crippen molar-refractivity contribution in [2.75, 3.05) is 0 Å². The van der Waals surface area contributed by atoms with Gasteiger partial charge in [-0.3, -0.25) is 0 Å². The number of carboxylic acids is 1. The predicted molar refractivity (Wildman–Crippen MR) is 68.9 cm³/mol. The van der Waals surface area contributed by atoms with Crippen LogP contribution in [0, 0.1) is 0 Å². The molecular formula is C12H9NO2SSe. The van der Waals surface area contributed by atoms with Crippen molar-refractivity contribution in [3.8, 4) is 0 Å². The maximum absolute atomic E-state index is 10.9. The van der Waals surface area contributed by atoms with Gasteiger partial charge in [0.15, 0.2) is 0 Å². The van der Waals surface area contributed by atoms with Crippen molar-refractivity contribution in [3.63, 3.8) is 0 Å². The zero-order valence-corrected chi connectivity index (χ0v) is 11.2. The van der Waals surface area contributed by atoms with E-state index in [-0.39, 0.29) is 4.42 Å². The number of benzene rings is 1. The van der Waals surface area contributed by atoms with Crippen molar-refractivity contribution in [1.29, 1.82) is 0 Å². The van der Waals surface area contributed by atoms with Crippen molar-refractivity contribution < 1.29 is 9.90 Å². The molecule has 3 nitrogen and oxygen atoms in total. The first-order chi connectivity index (χ1) is 8.18. The average Bonchev–Trinajstić information content (AvgIpc) is 2.77. The second-order valence-electron chi connectivity index (χ2n) is 3.27. The molecule has 17 heavy (non-hydrogen) atoms. The van der Waals surface area contributed by atoms with Crippen LogP contribution in [-0.4, -0.2) is 36.1 Å². The summed E-state index contributed by atoms with van der Waals surface area (Å²) >= 11 is 4.10. The van der Waals surface area contributed by atoms with Crippen LogP contribution in [-0.2, 0) is 4.79 Å². The molecule has 5 heteroatoms. The number of aliphatic carboxylic acids is 1. The van der Waals surface area contributed by atoms with E-state index in [9.17, 15) is 4.79 Å². The van der Waals surface area contributed by atoms with Crippen LogP contribution >= 0.6 is 11.8 Å². The summed E-state index contributed by atoms with van der Waals surface area (Å²) in [5.74, 6) is -0.945. The van der Waals surface area contributed by atoms with Crippen LogP contribution in [0.4, 0.5) is 0 Å². The summed E-state index contributed by atoms with van der Waals surface area (Å²) in [5.41, 5.74) is 0.686. The van der Waals surface area contributed by atoms with Gasteiger partial charge in [-0.1, -0.05) is 0 Å². The van der Waals surface area contributed by atoms with Crippen LogP contribution in [0.3, 0.4) is 0 Å². The van der Waals surface area contributed by atoms with E-state index in [4.69, 9.17) is 5.11 Å². The fraction of sp³-hybridized carbons (Fsp3) is 0. The van der Waals surface area contributed by atoms with Crippen LogP contribution in [0.1, 0.15) is 5.56 Å². The Morgan fingerprint density at radius 2 is 1.94 bits per heavy atom. The zero-order valence-electron chi connectivity index (χ0n) is 8.71. The molecule has 0 fully saturated rings. The van der Waals surface area contributed by atoms with E-state index in [1.807, 2.05) is 30.3 Å². The molecule has 0 spiro atoms. The van der Waals surface area contributed by atoms with Crippen molar-refractivity contribution in [3.05, 3.63) is 48.2 Å². The first kappa shape index (κ1) is 12.2. The summed E-state index contributed by atoms with van der Waals surface area (Å²) in [6, 6.07) is 11.6. The number of carbonyl (C=O) groups is 1. The summed E-state index contributed by atoms with van der Waals surface area (Å²) in [4.78, 5) is 15.0. The number of rotatable bonds is 4. The van der Waals surface area contributed by atoms with Gasteiger partial charge in [-0.2, -0.15) is 0 Å². The molecule has 1 aromatic carbocycles. The minimum atomic E-state index is -0.945. The van der Waals surface area contributed by atoms with Crippen molar-refractivity contribution >= 4 is 37.7 Å². The van der Waals surface area contributed by atoms with Crippen LogP contribution < -0.4 is 0 Å². The fourth-order valence-electron chi connectivity index (χ4n) is 1.34. The van der Waals surface area contributed by atoms with E-state index < -0.39 is 5.97 Å². The minimum absolute atomic E-state index is 0.227. The van der Waals surface area contributed by atoms with Gasteiger partial charge in [-0.15, -0.1) is 0 Å². The molecular weight excluding hydrogens is 301 g/mol. The van der Waals surface area contributed by atoms with Gasteiger partial charge in [-0.05, 0) is 0 Å². The maximum atomic E-state index is 10.9. The molecule has 0 aliphatic rings. The summed E-state index contributed by atoms with van der Waals surface area (Å²) in [6.07, 6.45) is 1.74. The number of aromatic amines is 1. The number of hydrogen-bond acceptors (Lipinski definition) is 2. The number of hydrogen-bond donors (Lipinski definition) is 2. The second kappa shape index (κ2) is 5.36. The van der Waals surface area contributed by atoms with Gasteiger partial charge in [-0.25, -0.2) is 0 Å². The molecule has 0 radical (unpaired) electrons. The molecule has 86 valence electrons. The third-order valence-electron chi connectivity index (χ3n) is 2.11. The standard InChI is InChI=1S/C12H9NO2SSe/c14-12(15)10(17)9-6-7-13-11(9)16-8-4-2-1-3-5-8/h1-7,13H,(H,14,15). The zero-order chi connectivity index (χ0) is 12.3. The fourth-order valence-corrected chi connectivity index (χ4v) is 2.78. The molecule has 2 rings (SSSR count). The summed E-state index contributed by atoms with van der Waals surface area (Å²) in [7, 11) is 0. The first-order valence-corrected chi connectivity index (χ1v) is 6.53. The number of aromatic nitrogens is 1. The molecule has 0 aliphatic carbocycles. The average molecular weight is 310 g/mol. The Labute approximate surface area is 111 Å². The number of nitrogens with one attached hydrogen (secondary N) is 1. The molecule has 0 amide bonds. The first-order valence-electron chi connectivity index (χ1n) is 4.86. The Bertz CT molecular complexity index is 551. The van der Waals surface area contributed by atoms with Crippen molar-refractivity contribution in [2.45, 2.75) is 9.92 Å². The molecule has 0 bridgehead atoms. The summed E-state index contributed by atoms with van der Waals surface area (Å²) in [5, 5.41) is 9.78. The summed E-state index contributed by atoms with van der Waals surface area (Å²) in [6.45, 7) is 0. The van der Waals surface area contributed by atoms with Gasteiger partial charge in [0, 0.05) is 0 Å². The quantitative estimate of drug-likeness (QED) is 0.849. The molecule has 0 saturated heterocycles. The van der Waals surface area contributed by atoms with Gasteiger partial charge < -0.3 is 0 Å². The SMILES string of the molecule is O=C(O)C(=[Se])c1cc[nH]c1Sc1ccccc1. The van der Waals surface area contributed by atoms with Crippen molar-refractivity contribution in [1.82, 2.24) is 4.98 Å². The van der Waals surface area contributed by atoms with Gasteiger partial charge in [0.05, 0.1) is 0 Å². The van der Waals surface area contributed by atoms with Gasteiger partial charge in [0.25, 0.3) is 0 Å². The molecule has 0 saturated carbocycles. The van der Waals surface area contributed by atoms with Gasteiger partial charge in [0.2, 0.25) is 0 Å². The Balaban J connectivity index is 2.26. The van der Waals surface area contributed by atoms with E-state index >= 15 is 0 Å². The number of carboxylic acid groups (broad SMARTS) is 1. The van der Waals surface area contributed by atoms with Crippen LogP contribution in [0.15, 0.2) is 52.5 Å². The normalized spacial score (nSPS) is 10.1. The molecule has 1 heterocycles. The number of H-pyrrole nitrogens is 1. The Morgan fingerprint density at radius 1 is 1.24 bits per heavy atom. The molecule has 0 atom stereocenters. The van der Waals surface area contributed by atoms with E-state index in [1.165, 1.54) is 11.8 Å². The van der Waals surface area contributed by atoms with E-state index in [2.05, 4.69) is 20.6 Å². The van der Waals surface area contributed by atoms with Gasteiger partial charge >= 0.3 is 111 Å².